The second-order valence-corrected chi connectivity index (χ2v) is 7.56. The number of nitrogens with zero attached hydrogens (tertiary/aromatic N) is 3. The number of rotatable bonds is 5. The summed E-state index contributed by atoms with van der Waals surface area (Å²) in [5.41, 5.74) is 4.30. The molecule has 0 bridgehead atoms. The topological polar surface area (TPSA) is 69.0 Å². The molecule has 1 N–H and O–H groups in total. The molecule has 0 radical (unpaired) electrons. The molecule has 0 spiro atoms. The van der Waals surface area contributed by atoms with Crippen LogP contribution >= 0.6 is 11.6 Å². The SMILES string of the molecule is COc1ccccc1NC(=O)c1nc(-c2ccc(Cl)cc2)n(-c2cc(C)ccc2C)n1. The Kier molecular flexibility index (Phi) is 5.73. The fourth-order valence-electron chi connectivity index (χ4n) is 3.24. The van der Waals surface area contributed by atoms with E-state index in [1.54, 1.807) is 36.1 Å². The van der Waals surface area contributed by atoms with Crippen LogP contribution in [0.2, 0.25) is 5.02 Å². The van der Waals surface area contributed by atoms with Crippen LogP contribution in [0.15, 0.2) is 66.7 Å². The van der Waals surface area contributed by atoms with Gasteiger partial charge in [-0.15, -0.1) is 5.10 Å². The summed E-state index contributed by atoms with van der Waals surface area (Å²) >= 11 is 6.06. The summed E-state index contributed by atoms with van der Waals surface area (Å²) in [6.07, 6.45) is 0. The van der Waals surface area contributed by atoms with E-state index in [4.69, 9.17) is 16.3 Å². The van der Waals surface area contributed by atoms with Gasteiger partial charge in [0.2, 0.25) is 5.82 Å². The van der Waals surface area contributed by atoms with E-state index in [0.717, 1.165) is 22.4 Å². The molecule has 0 unspecified atom stereocenters. The van der Waals surface area contributed by atoms with Crippen molar-refractivity contribution < 1.29 is 9.53 Å². The Labute approximate surface area is 185 Å². The number of benzene rings is 3. The minimum absolute atomic E-state index is 0.0526. The van der Waals surface area contributed by atoms with Crippen LogP contribution in [-0.2, 0) is 0 Å². The molecule has 0 saturated carbocycles. The normalized spacial score (nSPS) is 10.7. The van der Waals surface area contributed by atoms with Gasteiger partial charge in [-0.2, -0.15) is 0 Å². The molecule has 0 atom stereocenters. The van der Waals surface area contributed by atoms with Crippen LogP contribution in [0.1, 0.15) is 21.7 Å². The van der Waals surface area contributed by atoms with E-state index in [-0.39, 0.29) is 5.82 Å². The molecule has 7 heteroatoms. The molecule has 0 saturated heterocycles. The third kappa shape index (κ3) is 4.29. The van der Waals surface area contributed by atoms with E-state index in [1.165, 1.54) is 0 Å². The number of amides is 1. The van der Waals surface area contributed by atoms with Gasteiger partial charge in [0.15, 0.2) is 5.82 Å². The first-order valence-electron chi connectivity index (χ1n) is 9.71. The Hall–Kier alpha value is -3.64. The van der Waals surface area contributed by atoms with Gasteiger partial charge in [-0.3, -0.25) is 4.79 Å². The average molecular weight is 433 g/mol. The lowest BCUT2D eigenvalue weighted by Gasteiger charge is -2.10. The second kappa shape index (κ2) is 8.62. The van der Waals surface area contributed by atoms with Crippen molar-refractivity contribution in [3.05, 3.63) is 88.7 Å². The minimum Gasteiger partial charge on any atom is -0.495 e. The summed E-state index contributed by atoms with van der Waals surface area (Å²) in [5, 5.41) is 8.01. The van der Waals surface area contributed by atoms with Crippen LogP contribution in [-0.4, -0.2) is 27.8 Å². The van der Waals surface area contributed by atoms with Crippen molar-refractivity contribution in [3.63, 3.8) is 0 Å². The maximum absolute atomic E-state index is 13.0. The highest BCUT2D eigenvalue weighted by molar-refractivity contribution is 6.30. The average Bonchev–Trinajstić information content (AvgIpc) is 3.21. The highest BCUT2D eigenvalue weighted by atomic mass is 35.5. The fourth-order valence-corrected chi connectivity index (χ4v) is 3.36. The first-order chi connectivity index (χ1) is 15.0. The number of hydrogen-bond acceptors (Lipinski definition) is 4. The number of para-hydroxylation sites is 2. The molecule has 6 nitrogen and oxygen atoms in total. The number of aryl methyl sites for hydroxylation is 2. The van der Waals surface area contributed by atoms with Crippen molar-refractivity contribution >= 4 is 23.2 Å². The first kappa shape index (κ1) is 20.6. The molecule has 0 aliphatic heterocycles. The van der Waals surface area contributed by atoms with Gasteiger partial charge >= 0.3 is 0 Å². The molecule has 1 amide bonds. The molecule has 1 heterocycles. The number of ether oxygens (including phenoxy) is 1. The van der Waals surface area contributed by atoms with Crippen LogP contribution in [0.25, 0.3) is 17.1 Å². The molecule has 4 aromatic rings. The molecule has 0 aliphatic carbocycles. The minimum atomic E-state index is -0.427. The van der Waals surface area contributed by atoms with Crippen LogP contribution in [0.5, 0.6) is 5.75 Å². The summed E-state index contributed by atoms with van der Waals surface area (Å²) in [4.78, 5) is 17.6. The van der Waals surface area contributed by atoms with Gasteiger partial charge in [-0.25, -0.2) is 9.67 Å². The van der Waals surface area contributed by atoms with Gasteiger partial charge in [-0.05, 0) is 67.4 Å². The summed E-state index contributed by atoms with van der Waals surface area (Å²) < 4.78 is 7.01. The maximum Gasteiger partial charge on any atom is 0.295 e. The van der Waals surface area contributed by atoms with Crippen molar-refractivity contribution in [1.82, 2.24) is 14.8 Å². The van der Waals surface area contributed by atoms with E-state index in [2.05, 4.69) is 15.4 Å². The number of methoxy groups -OCH3 is 1. The third-order valence-corrected chi connectivity index (χ3v) is 5.11. The Morgan fingerprint density at radius 3 is 2.52 bits per heavy atom. The zero-order valence-corrected chi connectivity index (χ0v) is 18.1. The molecule has 0 fully saturated rings. The highest BCUT2D eigenvalue weighted by Gasteiger charge is 2.21. The first-order valence-corrected chi connectivity index (χ1v) is 10.1. The van der Waals surface area contributed by atoms with Crippen LogP contribution < -0.4 is 10.1 Å². The molecular weight excluding hydrogens is 412 g/mol. The molecule has 156 valence electrons. The van der Waals surface area contributed by atoms with Crippen LogP contribution in [0.4, 0.5) is 5.69 Å². The number of hydrogen-bond donors (Lipinski definition) is 1. The number of aromatic nitrogens is 3. The summed E-state index contributed by atoms with van der Waals surface area (Å²) in [5.74, 6) is 0.735. The van der Waals surface area contributed by atoms with Crippen molar-refractivity contribution in [1.29, 1.82) is 0 Å². The van der Waals surface area contributed by atoms with Gasteiger partial charge in [-0.1, -0.05) is 35.9 Å². The summed E-state index contributed by atoms with van der Waals surface area (Å²) in [7, 11) is 1.55. The fraction of sp³-hybridized carbons (Fsp3) is 0.125. The standard InChI is InChI=1S/C24H21ClN4O2/c1-15-8-9-16(2)20(14-15)29-23(17-10-12-18(25)13-11-17)27-22(28-29)24(30)26-19-6-4-5-7-21(19)31-3/h4-14H,1-3H3,(H,26,30). The maximum atomic E-state index is 13.0. The predicted octanol–water partition coefficient (Wildman–Crippen LogP) is 5.47. The monoisotopic (exact) mass is 432 g/mol. The van der Waals surface area contributed by atoms with E-state index < -0.39 is 5.91 Å². The third-order valence-electron chi connectivity index (χ3n) is 4.86. The van der Waals surface area contributed by atoms with Crippen molar-refractivity contribution in [2.45, 2.75) is 13.8 Å². The zero-order valence-electron chi connectivity index (χ0n) is 17.4. The van der Waals surface area contributed by atoms with Gasteiger partial charge in [0, 0.05) is 10.6 Å². The van der Waals surface area contributed by atoms with E-state index in [1.807, 2.05) is 56.3 Å². The molecule has 0 aliphatic rings. The number of carbonyl (C=O) groups excluding carboxylic acids is 1. The molecule has 3 aromatic carbocycles. The Bertz CT molecular complexity index is 1250. The lowest BCUT2D eigenvalue weighted by molar-refractivity contribution is 0.101. The smallest absolute Gasteiger partial charge is 0.295 e. The van der Waals surface area contributed by atoms with Gasteiger partial charge in [0.1, 0.15) is 5.75 Å². The lowest BCUT2D eigenvalue weighted by atomic mass is 10.1. The number of nitrogens with one attached hydrogen (secondary N) is 1. The number of halogens is 1. The number of anilines is 1. The van der Waals surface area contributed by atoms with Crippen LogP contribution in [0.3, 0.4) is 0 Å². The molecule has 1 aromatic heterocycles. The zero-order chi connectivity index (χ0) is 22.0. The van der Waals surface area contributed by atoms with E-state index >= 15 is 0 Å². The Morgan fingerprint density at radius 1 is 1.03 bits per heavy atom. The Balaban J connectivity index is 1.80. The van der Waals surface area contributed by atoms with Crippen molar-refractivity contribution in [2.24, 2.45) is 0 Å². The predicted molar refractivity (Wildman–Crippen MR) is 122 cm³/mol. The van der Waals surface area contributed by atoms with Gasteiger partial charge < -0.3 is 10.1 Å². The van der Waals surface area contributed by atoms with Gasteiger partial charge in [0.05, 0.1) is 18.5 Å². The molecular formula is C24H21ClN4O2. The molecule has 31 heavy (non-hydrogen) atoms. The summed E-state index contributed by atoms with van der Waals surface area (Å²) in [6, 6.07) is 20.5. The van der Waals surface area contributed by atoms with Crippen molar-refractivity contribution in [2.75, 3.05) is 12.4 Å². The lowest BCUT2D eigenvalue weighted by Crippen LogP contribution is -2.15. The molecule has 4 rings (SSSR count). The van der Waals surface area contributed by atoms with Gasteiger partial charge in [0.25, 0.3) is 5.91 Å². The van der Waals surface area contributed by atoms with E-state index in [9.17, 15) is 4.79 Å². The highest BCUT2D eigenvalue weighted by Crippen LogP contribution is 2.27. The van der Waals surface area contributed by atoms with Crippen LogP contribution in [0, 0.1) is 13.8 Å². The number of carbonyl (C=O) groups is 1. The largest absolute Gasteiger partial charge is 0.495 e. The van der Waals surface area contributed by atoms with Crippen molar-refractivity contribution in [3.8, 4) is 22.8 Å². The second-order valence-electron chi connectivity index (χ2n) is 7.12. The van der Waals surface area contributed by atoms with E-state index in [0.29, 0.717) is 22.3 Å². The quantitative estimate of drug-likeness (QED) is 0.454. The summed E-state index contributed by atoms with van der Waals surface area (Å²) in [6.45, 7) is 4.01. The Morgan fingerprint density at radius 2 is 1.77 bits per heavy atom.